The second-order valence-corrected chi connectivity index (χ2v) is 5.14. The average molecular weight is 235 g/mol. The van der Waals surface area contributed by atoms with Gasteiger partial charge in [-0.1, -0.05) is 30.3 Å². The highest BCUT2D eigenvalue weighted by molar-refractivity contribution is 7.80. The molecule has 1 aliphatic heterocycles. The molecule has 0 N–H and O–H groups in total. The van der Waals surface area contributed by atoms with Crippen LogP contribution in [0.25, 0.3) is 0 Å². The van der Waals surface area contributed by atoms with Gasteiger partial charge in [-0.25, -0.2) is 0 Å². The molecule has 0 amide bonds. The van der Waals surface area contributed by atoms with E-state index in [1.165, 1.54) is 24.9 Å². The molecule has 2 rings (SSSR count). The Balaban J connectivity index is 2.00. The molecule has 2 heteroatoms. The lowest BCUT2D eigenvalue weighted by atomic mass is 10.0. The number of thiol groups is 1. The van der Waals surface area contributed by atoms with Crippen LogP contribution in [0.3, 0.4) is 0 Å². The summed E-state index contributed by atoms with van der Waals surface area (Å²) in [6.45, 7) is 4.76. The predicted molar refractivity (Wildman–Crippen MR) is 73.3 cm³/mol. The highest BCUT2D eigenvalue weighted by atomic mass is 32.1. The Kier molecular flexibility index (Phi) is 4.30. The van der Waals surface area contributed by atoms with Gasteiger partial charge >= 0.3 is 0 Å². The topological polar surface area (TPSA) is 3.24 Å². The Labute approximate surface area is 104 Å². The third-order valence-electron chi connectivity index (χ3n) is 3.64. The minimum atomic E-state index is 0.574. The van der Waals surface area contributed by atoms with E-state index in [1.807, 2.05) is 0 Å². The monoisotopic (exact) mass is 235 g/mol. The quantitative estimate of drug-likeness (QED) is 0.785. The zero-order chi connectivity index (χ0) is 11.4. The van der Waals surface area contributed by atoms with Gasteiger partial charge in [0.05, 0.1) is 0 Å². The summed E-state index contributed by atoms with van der Waals surface area (Å²) < 4.78 is 0. The van der Waals surface area contributed by atoms with E-state index in [0.717, 1.165) is 18.3 Å². The summed E-state index contributed by atoms with van der Waals surface area (Å²) in [5, 5.41) is 0. The molecule has 1 aromatic rings. The van der Waals surface area contributed by atoms with Gasteiger partial charge in [-0.2, -0.15) is 12.6 Å². The van der Waals surface area contributed by atoms with Crippen molar-refractivity contribution in [3.63, 3.8) is 0 Å². The Morgan fingerprint density at radius 1 is 1.38 bits per heavy atom. The maximum Gasteiger partial charge on any atom is 0.00676 e. The molecule has 1 nitrogen and oxygen atoms in total. The van der Waals surface area contributed by atoms with Gasteiger partial charge in [0.1, 0.15) is 0 Å². The van der Waals surface area contributed by atoms with E-state index in [-0.39, 0.29) is 0 Å². The van der Waals surface area contributed by atoms with Gasteiger partial charge in [-0.05, 0) is 37.6 Å². The number of rotatable bonds is 4. The summed E-state index contributed by atoms with van der Waals surface area (Å²) in [4.78, 5) is 2.61. The molecule has 1 aliphatic rings. The fourth-order valence-electron chi connectivity index (χ4n) is 2.54. The van der Waals surface area contributed by atoms with Crippen molar-refractivity contribution < 1.29 is 0 Å². The van der Waals surface area contributed by atoms with E-state index < -0.39 is 0 Å². The summed E-state index contributed by atoms with van der Waals surface area (Å²) in [6.07, 6.45) is 2.71. The molecule has 1 heterocycles. The number of benzene rings is 1. The fourth-order valence-corrected chi connectivity index (χ4v) is 2.87. The minimum absolute atomic E-state index is 0.574. The van der Waals surface area contributed by atoms with Crippen LogP contribution in [0.2, 0.25) is 0 Å². The van der Waals surface area contributed by atoms with Gasteiger partial charge in [0.15, 0.2) is 0 Å². The molecule has 0 aliphatic carbocycles. The Morgan fingerprint density at radius 3 is 2.69 bits per heavy atom. The van der Waals surface area contributed by atoms with Crippen molar-refractivity contribution in [3.8, 4) is 0 Å². The smallest absolute Gasteiger partial charge is 0.00676 e. The predicted octanol–water partition coefficient (Wildman–Crippen LogP) is 3.18. The lowest BCUT2D eigenvalue weighted by molar-refractivity contribution is 0.257. The summed E-state index contributed by atoms with van der Waals surface area (Å²) in [7, 11) is 0. The van der Waals surface area contributed by atoms with Gasteiger partial charge in [0.25, 0.3) is 0 Å². The molecule has 88 valence electrons. The molecule has 0 bridgehead atoms. The first-order chi connectivity index (χ1) is 7.81. The molecule has 0 radical (unpaired) electrons. The van der Waals surface area contributed by atoms with Crippen molar-refractivity contribution in [2.75, 3.05) is 18.8 Å². The van der Waals surface area contributed by atoms with Crippen LogP contribution < -0.4 is 0 Å². The molecule has 0 spiro atoms. The average Bonchev–Trinajstić information content (AvgIpc) is 2.73. The highest BCUT2D eigenvalue weighted by Gasteiger charge is 2.23. The van der Waals surface area contributed by atoms with Crippen LogP contribution in [0, 0.1) is 0 Å². The summed E-state index contributed by atoms with van der Waals surface area (Å²) in [5.41, 5.74) is 1.43. The third kappa shape index (κ3) is 2.80. The Bertz CT molecular complexity index is 312. The van der Waals surface area contributed by atoms with Gasteiger partial charge < -0.3 is 4.90 Å². The van der Waals surface area contributed by atoms with Crippen LogP contribution in [0.5, 0.6) is 0 Å². The van der Waals surface area contributed by atoms with Crippen molar-refractivity contribution >= 4 is 12.6 Å². The van der Waals surface area contributed by atoms with Gasteiger partial charge in [0, 0.05) is 18.5 Å². The normalized spacial score (nSPS) is 23.5. The van der Waals surface area contributed by atoms with Crippen LogP contribution in [0.1, 0.15) is 31.2 Å². The van der Waals surface area contributed by atoms with Crippen LogP contribution in [-0.4, -0.2) is 29.8 Å². The molecular formula is C14H21NS. The van der Waals surface area contributed by atoms with Crippen LogP contribution in [-0.2, 0) is 0 Å². The van der Waals surface area contributed by atoms with Gasteiger partial charge in [0.2, 0.25) is 0 Å². The van der Waals surface area contributed by atoms with E-state index in [9.17, 15) is 0 Å². The lowest BCUT2D eigenvalue weighted by Crippen LogP contribution is -2.32. The van der Waals surface area contributed by atoms with E-state index in [0.29, 0.717) is 5.92 Å². The van der Waals surface area contributed by atoms with Gasteiger partial charge in [-0.3, -0.25) is 0 Å². The minimum Gasteiger partial charge on any atom is -0.300 e. The second kappa shape index (κ2) is 5.74. The maximum absolute atomic E-state index is 4.50. The van der Waals surface area contributed by atoms with E-state index in [1.54, 1.807) is 0 Å². The second-order valence-electron chi connectivity index (χ2n) is 4.78. The summed E-state index contributed by atoms with van der Waals surface area (Å²) >= 11 is 4.50. The van der Waals surface area contributed by atoms with Crippen LogP contribution in [0.4, 0.5) is 0 Å². The molecule has 2 atom stereocenters. The largest absolute Gasteiger partial charge is 0.300 e. The summed E-state index contributed by atoms with van der Waals surface area (Å²) in [5.74, 6) is 1.51. The number of hydrogen-bond acceptors (Lipinski definition) is 2. The first kappa shape index (κ1) is 12.0. The van der Waals surface area contributed by atoms with Crippen molar-refractivity contribution in [1.29, 1.82) is 0 Å². The standard InChI is InChI=1S/C14H21NS/c1-12-6-5-9-15(12)10-14(11-16)13-7-3-2-4-8-13/h2-4,7-8,12,14,16H,5-6,9-11H2,1H3. The van der Waals surface area contributed by atoms with E-state index in [2.05, 4.69) is 54.8 Å². The Hall–Kier alpha value is -0.470. The molecule has 2 unspecified atom stereocenters. The zero-order valence-corrected chi connectivity index (χ0v) is 10.9. The number of hydrogen-bond donors (Lipinski definition) is 1. The fraction of sp³-hybridized carbons (Fsp3) is 0.571. The molecule has 1 fully saturated rings. The van der Waals surface area contributed by atoms with Crippen molar-refractivity contribution in [2.24, 2.45) is 0 Å². The highest BCUT2D eigenvalue weighted by Crippen LogP contribution is 2.23. The third-order valence-corrected chi connectivity index (χ3v) is 4.08. The van der Waals surface area contributed by atoms with Crippen molar-refractivity contribution in [1.82, 2.24) is 4.90 Å². The Morgan fingerprint density at radius 2 is 2.12 bits per heavy atom. The lowest BCUT2D eigenvalue weighted by Gasteiger charge is -2.26. The summed E-state index contributed by atoms with van der Waals surface area (Å²) in [6, 6.07) is 11.5. The first-order valence-electron chi connectivity index (χ1n) is 6.21. The molecule has 1 aromatic carbocycles. The van der Waals surface area contributed by atoms with Crippen LogP contribution in [0.15, 0.2) is 30.3 Å². The van der Waals surface area contributed by atoms with E-state index in [4.69, 9.17) is 0 Å². The zero-order valence-electron chi connectivity index (χ0n) is 9.97. The SMILES string of the molecule is CC1CCCN1CC(CS)c1ccccc1. The van der Waals surface area contributed by atoms with Crippen molar-refractivity contribution in [2.45, 2.75) is 31.7 Å². The van der Waals surface area contributed by atoms with Gasteiger partial charge in [-0.15, -0.1) is 0 Å². The molecule has 0 aromatic heterocycles. The number of likely N-dealkylation sites (tertiary alicyclic amines) is 1. The maximum atomic E-state index is 4.50. The van der Waals surface area contributed by atoms with Crippen molar-refractivity contribution in [3.05, 3.63) is 35.9 Å². The first-order valence-corrected chi connectivity index (χ1v) is 6.84. The molecule has 16 heavy (non-hydrogen) atoms. The van der Waals surface area contributed by atoms with E-state index >= 15 is 0 Å². The molecular weight excluding hydrogens is 214 g/mol. The molecule has 0 saturated carbocycles. The van der Waals surface area contributed by atoms with Crippen LogP contribution >= 0.6 is 12.6 Å². The molecule has 1 saturated heterocycles. The number of nitrogens with zero attached hydrogens (tertiary/aromatic N) is 1.